The lowest BCUT2D eigenvalue weighted by atomic mass is 10.1. The molecule has 7 nitrogen and oxygen atoms in total. The van der Waals surface area contributed by atoms with Gasteiger partial charge in [-0.15, -0.1) is 0 Å². The number of fused-ring (bicyclic) bond motifs is 1. The van der Waals surface area contributed by atoms with Crippen LogP contribution in [-0.2, 0) is 0 Å². The summed E-state index contributed by atoms with van der Waals surface area (Å²) in [5, 5.41) is 4.40. The van der Waals surface area contributed by atoms with Gasteiger partial charge in [-0.1, -0.05) is 6.07 Å². The average Bonchev–Trinajstić information content (AvgIpc) is 2.75. The molecule has 0 bridgehead atoms. The molecular formula is C21H12F3N5O2. The number of ketones is 1. The number of benzene rings is 2. The van der Waals surface area contributed by atoms with E-state index in [4.69, 9.17) is 0 Å². The minimum absolute atomic E-state index is 0.104. The number of halogens is 3. The van der Waals surface area contributed by atoms with E-state index >= 15 is 0 Å². The van der Waals surface area contributed by atoms with Crippen LogP contribution in [0.1, 0.15) is 16.1 Å². The summed E-state index contributed by atoms with van der Waals surface area (Å²) in [4.78, 5) is 36.9. The fraction of sp³-hybridized carbons (Fsp3) is 0. The Morgan fingerprint density at radius 3 is 2.35 bits per heavy atom. The van der Waals surface area contributed by atoms with Gasteiger partial charge in [0.05, 0.1) is 23.0 Å². The van der Waals surface area contributed by atoms with Gasteiger partial charge in [-0.3, -0.25) is 19.7 Å². The molecule has 0 aliphatic carbocycles. The number of aromatic nitrogens is 3. The number of carbonyl (C=O) groups is 2. The van der Waals surface area contributed by atoms with Gasteiger partial charge >= 0.3 is 6.03 Å². The Morgan fingerprint density at radius 2 is 1.58 bits per heavy atom. The number of amides is 2. The van der Waals surface area contributed by atoms with E-state index in [2.05, 4.69) is 25.6 Å². The third kappa shape index (κ3) is 4.32. The summed E-state index contributed by atoms with van der Waals surface area (Å²) in [6, 6.07) is 6.78. The lowest BCUT2D eigenvalue weighted by molar-refractivity contribution is 0.103. The average molecular weight is 423 g/mol. The van der Waals surface area contributed by atoms with Crippen LogP contribution in [-0.4, -0.2) is 26.8 Å². The molecule has 31 heavy (non-hydrogen) atoms. The van der Waals surface area contributed by atoms with E-state index in [1.807, 2.05) is 0 Å². The zero-order valence-electron chi connectivity index (χ0n) is 15.6. The Bertz CT molecular complexity index is 1330. The zero-order valence-corrected chi connectivity index (χ0v) is 15.6. The zero-order chi connectivity index (χ0) is 22.0. The van der Waals surface area contributed by atoms with Crippen LogP contribution < -0.4 is 10.6 Å². The highest BCUT2D eigenvalue weighted by Gasteiger charge is 2.21. The lowest BCUT2D eigenvalue weighted by Gasteiger charge is -2.11. The highest BCUT2D eigenvalue weighted by molar-refractivity contribution is 6.10. The Morgan fingerprint density at radius 1 is 0.806 bits per heavy atom. The summed E-state index contributed by atoms with van der Waals surface area (Å²) in [5.41, 5.74) is -0.491. The molecule has 2 amide bonds. The maximum absolute atomic E-state index is 14.9. The lowest BCUT2D eigenvalue weighted by Crippen LogP contribution is -2.21. The van der Waals surface area contributed by atoms with Gasteiger partial charge in [0.1, 0.15) is 22.8 Å². The summed E-state index contributed by atoms with van der Waals surface area (Å²) in [5.74, 6) is -3.60. The van der Waals surface area contributed by atoms with E-state index in [-0.39, 0.29) is 11.4 Å². The van der Waals surface area contributed by atoms with Crippen LogP contribution in [0.2, 0.25) is 0 Å². The van der Waals surface area contributed by atoms with Crippen molar-refractivity contribution < 1.29 is 22.8 Å². The van der Waals surface area contributed by atoms with Crippen LogP contribution in [0.5, 0.6) is 0 Å². The maximum Gasteiger partial charge on any atom is 0.323 e. The summed E-state index contributed by atoms with van der Waals surface area (Å²) < 4.78 is 42.2. The molecule has 0 saturated heterocycles. The number of rotatable bonds is 4. The van der Waals surface area contributed by atoms with Crippen LogP contribution in [0.25, 0.3) is 11.0 Å². The summed E-state index contributed by atoms with van der Waals surface area (Å²) in [7, 11) is 0. The molecule has 0 aliphatic heterocycles. The summed E-state index contributed by atoms with van der Waals surface area (Å²) in [6.45, 7) is 0. The van der Waals surface area contributed by atoms with E-state index in [1.54, 1.807) is 0 Å². The molecule has 4 rings (SSSR count). The van der Waals surface area contributed by atoms with E-state index in [0.717, 1.165) is 12.1 Å². The largest absolute Gasteiger partial charge is 0.323 e. The highest BCUT2D eigenvalue weighted by Crippen LogP contribution is 2.23. The maximum atomic E-state index is 14.9. The van der Waals surface area contributed by atoms with E-state index < -0.39 is 40.5 Å². The second-order valence-corrected chi connectivity index (χ2v) is 6.35. The first-order chi connectivity index (χ1) is 14.9. The number of nitrogens with one attached hydrogen (secondary N) is 2. The molecule has 0 fully saturated rings. The van der Waals surface area contributed by atoms with Gasteiger partial charge in [0.15, 0.2) is 5.82 Å². The van der Waals surface area contributed by atoms with Crippen molar-refractivity contribution in [2.75, 3.05) is 10.6 Å². The van der Waals surface area contributed by atoms with Crippen molar-refractivity contribution in [3.8, 4) is 0 Å². The Kier molecular flexibility index (Phi) is 5.27. The molecule has 2 aromatic carbocycles. The highest BCUT2D eigenvalue weighted by atomic mass is 19.1. The van der Waals surface area contributed by atoms with Crippen molar-refractivity contribution in [1.82, 2.24) is 15.0 Å². The van der Waals surface area contributed by atoms with Crippen LogP contribution >= 0.6 is 0 Å². The molecule has 0 unspecified atom stereocenters. The molecule has 0 spiro atoms. The van der Waals surface area contributed by atoms with Crippen molar-refractivity contribution >= 4 is 34.2 Å². The predicted molar refractivity (Wildman–Crippen MR) is 106 cm³/mol. The Balaban J connectivity index is 1.62. The molecule has 4 aromatic rings. The van der Waals surface area contributed by atoms with Crippen molar-refractivity contribution in [3.63, 3.8) is 0 Å². The Hall–Kier alpha value is -4.34. The van der Waals surface area contributed by atoms with Crippen LogP contribution in [0.4, 0.5) is 29.3 Å². The third-order valence-corrected chi connectivity index (χ3v) is 4.20. The van der Waals surface area contributed by atoms with Gasteiger partial charge in [-0.2, -0.15) is 0 Å². The molecule has 2 aromatic heterocycles. The second-order valence-electron chi connectivity index (χ2n) is 6.35. The molecule has 0 radical (unpaired) electrons. The molecule has 2 heterocycles. The molecule has 0 aliphatic rings. The fourth-order valence-corrected chi connectivity index (χ4v) is 2.83. The molecule has 154 valence electrons. The van der Waals surface area contributed by atoms with Gasteiger partial charge < -0.3 is 10.6 Å². The molecule has 10 heteroatoms. The summed E-state index contributed by atoms with van der Waals surface area (Å²) >= 11 is 0. The number of urea groups is 1. The van der Waals surface area contributed by atoms with Crippen LogP contribution in [0.15, 0.2) is 61.1 Å². The van der Waals surface area contributed by atoms with Gasteiger partial charge in [-0.25, -0.2) is 18.0 Å². The van der Waals surface area contributed by atoms with Crippen molar-refractivity contribution in [2.24, 2.45) is 0 Å². The number of anilines is 2. The van der Waals surface area contributed by atoms with E-state index in [9.17, 15) is 22.8 Å². The van der Waals surface area contributed by atoms with Gasteiger partial charge in [0, 0.05) is 24.1 Å². The minimum Gasteiger partial charge on any atom is -0.308 e. The van der Waals surface area contributed by atoms with Gasteiger partial charge in [0.2, 0.25) is 5.78 Å². The summed E-state index contributed by atoms with van der Waals surface area (Å²) in [6.07, 6.45) is 4.15. The van der Waals surface area contributed by atoms with Crippen molar-refractivity contribution in [2.45, 2.75) is 0 Å². The van der Waals surface area contributed by atoms with Crippen molar-refractivity contribution in [1.29, 1.82) is 0 Å². The first-order valence-corrected chi connectivity index (χ1v) is 8.85. The van der Waals surface area contributed by atoms with Gasteiger partial charge in [-0.05, 0) is 30.3 Å². The monoisotopic (exact) mass is 423 g/mol. The first kappa shape index (κ1) is 20.0. The third-order valence-electron chi connectivity index (χ3n) is 4.20. The number of hydrogen-bond acceptors (Lipinski definition) is 5. The predicted octanol–water partition coefficient (Wildman–Crippen LogP) is 4.32. The number of hydrogen-bond donors (Lipinski definition) is 2. The molecule has 0 atom stereocenters. The smallest absolute Gasteiger partial charge is 0.308 e. The van der Waals surface area contributed by atoms with Gasteiger partial charge in [0.25, 0.3) is 0 Å². The quantitative estimate of drug-likeness (QED) is 0.477. The Labute approximate surface area is 173 Å². The standard InChI is InChI=1S/C21H12F3N5O2/c22-11-2-1-3-13(6-11)28-21(31)29-16-8-12(23)7-14(19(16)24)20(30)17-9-15-18(10-27-17)26-5-4-25-15/h1-10H,(H2,28,29,31). The van der Waals surface area contributed by atoms with E-state index in [0.29, 0.717) is 17.1 Å². The fourth-order valence-electron chi connectivity index (χ4n) is 2.83. The topological polar surface area (TPSA) is 96.9 Å². The SMILES string of the molecule is O=C(Nc1cccc(F)c1)Nc1cc(F)cc(C(=O)c2cc3nccnc3cn2)c1F. The normalized spacial score (nSPS) is 10.7. The molecular weight excluding hydrogens is 411 g/mol. The van der Waals surface area contributed by atoms with Crippen LogP contribution in [0, 0.1) is 17.5 Å². The van der Waals surface area contributed by atoms with E-state index in [1.165, 1.54) is 42.9 Å². The minimum atomic E-state index is -1.15. The van der Waals surface area contributed by atoms with Crippen LogP contribution in [0.3, 0.4) is 0 Å². The second kappa shape index (κ2) is 8.19. The van der Waals surface area contributed by atoms with Crippen molar-refractivity contribution in [3.05, 3.63) is 89.8 Å². The molecule has 0 saturated carbocycles. The number of nitrogens with zero attached hydrogens (tertiary/aromatic N) is 3. The number of carbonyl (C=O) groups excluding carboxylic acids is 2. The number of pyridine rings is 1. The molecule has 2 N–H and O–H groups in total. The first-order valence-electron chi connectivity index (χ1n) is 8.85.